The first kappa shape index (κ1) is 18.8. The van der Waals surface area contributed by atoms with Crippen LogP contribution in [-0.2, 0) is 4.74 Å². The Balaban J connectivity index is 0.00000208. The number of carbonyl (C=O) groups excluding carboxylic acids is 1. The van der Waals surface area contributed by atoms with Gasteiger partial charge < -0.3 is 4.74 Å². The van der Waals surface area contributed by atoms with Crippen molar-refractivity contribution in [2.24, 2.45) is 0 Å². The molecular formula is C19H21Cl2NO2. The molecule has 1 unspecified atom stereocenters. The molecule has 3 rings (SSSR count). The predicted octanol–water partition coefficient (Wildman–Crippen LogP) is 4.76. The molecule has 1 aliphatic heterocycles. The van der Waals surface area contributed by atoms with E-state index >= 15 is 0 Å². The van der Waals surface area contributed by atoms with Crippen molar-refractivity contribution in [1.82, 2.24) is 4.90 Å². The lowest BCUT2D eigenvalue weighted by molar-refractivity contribution is 0.0216. The fourth-order valence-electron chi connectivity index (χ4n) is 2.86. The Labute approximate surface area is 154 Å². The van der Waals surface area contributed by atoms with Crippen molar-refractivity contribution in [2.75, 3.05) is 19.6 Å². The van der Waals surface area contributed by atoms with E-state index in [0.29, 0.717) is 10.6 Å². The SMILES string of the molecule is Cl.O=C(OC(CN1CCCC1)c1ccccc1)c1ccc(Cl)cc1. The van der Waals surface area contributed by atoms with Crippen LogP contribution < -0.4 is 0 Å². The molecule has 1 heterocycles. The highest BCUT2D eigenvalue weighted by atomic mass is 35.5. The topological polar surface area (TPSA) is 29.5 Å². The Morgan fingerprint density at radius 2 is 1.67 bits per heavy atom. The van der Waals surface area contributed by atoms with Crippen molar-refractivity contribution >= 4 is 30.0 Å². The number of benzene rings is 2. The van der Waals surface area contributed by atoms with Crippen LogP contribution >= 0.6 is 24.0 Å². The van der Waals surface area contributed by atoms with Crippen molar-refractivity contribution in [3.05, 3.63) is 70.7 Å². The van der Waals surface area contributed by atoms with E-state index in [9.17, 15) is 4.79 Å². The minimum Gasteiger partial charge on any atom is -0.453 e. The molecular weight excluding hydrogens is 345 g/mol. The van der Waals surface area contributed by atoms with Crippen molar-refractivity contribution in [1.29, 1.82) is 0 Å². The van der Waals surface area contributed by atoms with Gasteiger partial charge in [-0.15, -0.1) is 12.4 Å². The number of likely N-dealkylation sites (tertiary alicyclic amines) is 1. The average molecular weight is 366 g/mol. The molecule has 2 aromatic rings. The molecule has 0 radical (unpaired) electrons. The number of nitrogens with zero attached hydrogens (tertiary/aromatic N) is 1. The molecule has 3 nitrogen and oxygen atoms in total. The summed E-state index contributed by atoms with van der Waals surface area (Å²) in [4.78, 5) is 14.8. The lowest BCUT2D eigenvalue weighted by Crippen LogP contribution is -2.28. The van der Waals surface area contributed by atoms with Crippen LogP contribution in [0.1, 0.15) is 34.9 Å². The van der Waals surface area contributed by atoms with Gasteiger partial charge in [-0.25, -0.2) is 4.79 Å². The van der Waals surface area contributed by atoms with E-state index in [2.05, 4.69) is 4.90 Å². The molecule has 5 heteroatoms. The van der Waals surface area contributed by atoms with Crippen LogP contribution in [0.3, 0.4) is 0 Å². The van der Waals surface area contributed by atoms with Crippen LogP contribution in [0.2, 0.25) is 5.02 Å². The van der Waals surface area contributed by atoms with Gasteiger partial charge in [0.05, 0.1) is 5.56 Å². The smallest absolute Gasteiger partial charge is 0.338 e. The average Bonchev–Trinajstić information content (AvgIpc) is 3.09. The van der Waals surface area contributed by atoms with Gasteiger partial charge in [-0.05, 0) is 55.8 Å². The zero-order chi connectivity index (χ0) is 16.1. The van der Waals surface area contributed by atoms with Crippen LogP contribution in [0.4, 0.5) is 0 Å². The highest BCUT2D eigenvalue weighted by Crippen LogP contribution is 2.23. The first-order chi connectivity index (χ1) is 11.2. The fourth-order valence-corrected chi connectivity index (χ4v) is 2.99. The second-order valence-electron chi connectivity index (χ2n) is 5.82. The van der Waals surface area contributed by atoms with Gasteiger partial charge in [0.25, 0.3) is 0 Å². The summed E-state index contributed by atoms with van der Waals surface area (Å²) in [6.45, 7) is 2.88. The van der Waals surface area contributed by atoms with E-state index in [0.717, 1.165) is 25.2 Å². The maximum absolute atomic E-state index is 12.4. The molecule has 1 atom stereocenters. The molecule has 128 valence electrons. The molecule has 0 aromatic heterocycles. The molecule has 0 saturated carbocycles. The van der Waals surface area contributed by atoms with Gasteiger partial charge in [0.2, 0.25) is 0 Å². The number of halogens is 2. The Hall–Kier alpha value is -1.55. The fraction of sp³-hybridized carbons (Fsp3) is 0.316. The van der Waals surface area contributed by atoms with E-state index in [1.54, 1.807) is 24.3 Å². The van der Waals surface area contributed by atoms with Gasteiger partial charge in [-0.2, -0.15) is 0 Å². The van der Waals surface area contributed by atoms with Crippen LogP contribution in [0.25, 0.3) is 0 Å². The number of hydrogen-bond acceptors (Lipinski definition) is 3. The minimum atomic E-state index is -0.310. The molecule has 0 bridgehead atoms. The third-order valence-corrected chi connectivity index (χ3v) is 4.38. The highest BCUT2D eigenvalue weighted by molar-refractivity contribution is 6.30. The van der Waals surface area contributed by atoms with E-state index in [1.165, 1.54) is 12.8 Å². The second-order valence-corrected chi connectivity index (χ2v) is 6.26. The quantitative estimate of drug-likeness (QED) is 0.715. The van der Waals surface area contributed by atoms with Crippen LogP contribution in [0, 0.1) is 0 Å². The zero-order valence-electron chi connectivity index (χ0n) is 13.4. The van der Waals surface area contributed by atoms with Gasteiger partial charge in [0.1, 0.15) is 6.10 Å². The summed E-state index contributed by atoms with van der Waals surface area (Å²) in [5.74, 6) is -0.310. The third kappa shape index (κ3) is 4.97. The van der Waals surface area contributed by atoms with Crippen LogP contribution in [0.5, 0.6) is 0 Å². The molecule has 0 N–H and O–H groups in total. The maximum Gasteiger partial charge on any atom is 0.338 e. The molecule has 0 aliphatic carbocycles. The lowest BCUT2D eigenvalue weighted by atomic mass is 10.1. The number of hydrogen-bond donors (Lipinski definition) is 0. The summed E-state index contributed by atoms with van der Waals surface area (Å²) in [5, 5.41) is 0.609. The van der Waals surface area contributed by atoms with Crippen LogP contribution in [0.15, 0.2) is 54.6 Å². The Morgan fingerprint density at radius 1 is 1.04 bits per heavy atom. The second kappa shape index (κ2) is 9.07. The van der Waals surface area contributed by atoms with E-state index in [1.807, 2.05) is 30.3 Å². The van der Waals surface area contributed by atoms with Gasteiger partial charge in [0, 0.05) is 11.6 Å². The molecule has 0 spiro atoms. The first-order valence-electron chi connectivity index (χ1n) is 7.96. The standard InChI is InChI=1S/C19H20ClNO2.ClH/c20-17-10-8-16(9-11-17)19(22)23-18(14-21-12-4-5-13-21)15-6-2-1-3-7-15;/h1-3,6-11,18H,4-5,12-14H2;1H. The number of esters is 1. The summed E-state index contributed by atoms with van der Waals surface area (Å²) in [5.41, 5.74) is 1.55. The summed E-state index contributed by atoms with van der Waals surface area (Å²) < 4.78 is 5.80. The van der Waals surface area contributed by atoms with Gasteiger partial charge in [-0.3, -0.25) is 4.90 Å². The molecule has 2 aromatic carbocycles. The third-order valence-electron chi connectivity index (χ3n) is 4.12. The summed E-state index contributed by atoms with van der Waals surface area (Å²) in [7, 11) is 0. The first-order valence-corrected chi connectivity index (χ1v) is 8.34. The van der Waals surface area contributed by atoms with E-state index < -0.39 is 0 Å². The predicted molar refractivity (Wildman–Crippen MR) is 99.0 cm³/mol. The highest BCUT2D eigenvalue weighted by Gasteiger charge is 2.22. The van der Waals surface area contributed by atoms with Crippen molar-refractivity contribution in [2.45, 2.75) is 18.9 Å². The Bertz CT molecular complexity index is 640. The van der Waals surface area contributed by atoms with Crippen molar-refractivity contribution in [3.8, 4) is 0 Å². The van der Waals surface area contributed by atoms with Gasteiger partial charge in [0.15, 0.2) is 0 Å². The number of ether oxygens (including phenoxy) is 1. The van der Waals surface area contributed by atoms with Gasteiger partial charge >= 0.3 is 5.97 Å². The monoisotopic (exact) mass is 365 g/mol. The molecule has 1 fully saturated rings. The van der Waals surface area contributed by atoms with E-state index in [-0.39, 0.29) is 24.5 Å². The lowest BCUT2D eigenvalue weighted by Gasteiger charge is -2.24. The Kier molecular flexibility index (Phi) is 7.10. The van der Waals surface area contributed by atoms with Crippen LogP contribution in [-0.4, -0.2) is 30.5 Å². The largest absolute Gasteiger partial charge is 0.453 e. The number of carbonyl (C=O) groups is 1. The molecule has 0 amide bonds. The minimum absolute atomic E-state index is 0. The normalized spacial score (nSPS) is 15.5. The maximum atomic E-state index is 12.4. The number of rotatable bonds is 5. The summed E-state index contributed by atoms with van der Waals surface area (Å²) >= 11 is 5.87. The molecule has 1 aliphatic rings. The summed E-state index contributed by atoms with van der Waals surface area (Å²) in [6.07, 6.45) is 2.18. The zero-order valence-corrected chi connectivity index (χ0v) is 14.9. The van der Waals surface area contributed by atoms with Crippen molar-refractivity contribution in [3.63, 3.8) is 0 Å². The summed E-state index contributed by atoms with van der Waals surface area (Å²) in [6, 6.07) is 16.7. The Morgan fingerprint density at radius 3 is 2.29 bits per heavy atom. The van der Waals surface area contributed by atoms with Crippen molar-refractivity contribution < 1.29 is 9.53 Å². The molecule has 24 heavy (non-hydrogen) atoms. The van der Waals surface area contributed by atoms with E-state index in [4.69, 9.17) is 16.3 Å². The van der Waals surface area contributed by atoms with Gasteiger partial charge in [-0.1, -0.05) is 41.9 Å². The molecule has 1 saturated heterocycles.